The number of halogens is 2. The molecule has 5 nitrogen and oxygen atoms in total. The number of hydrogen-bond donors (Lipinski definition) is 3. The van der Waals surface area contributed by atoms with E-state index in [-0.39, 0.29) is 16.9 Å². The van der Waals surface area contributed by atoms with Gasteiger partial charge in [-0.15, -0.1) is 0 Å². The standard InChI is InChI=1S/C21H15BrClN3O2S/c22-15-6-4-13(5-7-15)19(27)26-21(29)25-18-10-8-17(9-11-18)24-20(28)14-2-1-3-16(23)12-14/h1-12H,(H,24,28)(H2,25,26,27,29). The maximum atomic E-state index is 12.2. The fourth-order valence-corrected chi connectivity index (χ4v) is 3.07. The maximum absolute atomic E-state index is 12.2. The Kier molecular flexibility index (Phi) is 6.98. The van der Waals surface area contributed by atoms with E-state index < -0.39 is 0 Å². The van der Waals surface area contributed by atoms with Crippen molar-refractivity contribution >= 4 is 68.1 Å². The van der Waals surface area contributed by atoms with Crippen LogP contribution in [0.2, 0.25) is 5.02 Å². The normalized spacial score (nSPS) is 10.1. The highest BCUT2D eigenvalue weighted by Gasteiger charge is 2.09. The van der Waals surface area contributed by atoms with Crippen LogP contribution in [0.5, 0.6) is 0 Å². The molecule has 0 fully saturated rings. The van der Waals surface area contributed by atoms with Crippen LogP contribution in [0.3, 0.4) is 0 Å². The van der Waals surface area contributed by atoms with E-state index in [1.165, 1.54) is 0 Å². The third kappa shape index (κ3) is 6.12. The minimum atomic E-state index is -0.305. The Morgan fingerprint density at radius 1 is 0.793 bits per heavy atom. The molecule has 0 saturated heterocycles. The lowest BCUT2D eigenvalue weighted by Gasteiger charge is -2.11. The molecule has 0 radical (unpaired) electrons. The van der Waals surface area contributed by atoms with E-state index in [1.54, 1.807) is 72.8 Å². The molecular formula is C21H15BrClN3O2S. The lowest BCUT2D eigenvalue weighted by atomic mass is 10.2. The van der Waals surface area contributed by atoms with Crippen molar-refractivity contribution in [2.75, 3.05) is 10.6 Å². The minimum Gasteiger partial charge on any atom is -0.332 e. The van der Waals surface area contributed by atoms with Gasteiger partial charge in [-0.2, -0.15) is 0 Å². The Hall–Kier alpha value is -2.74. The van der Waals surface area contributed by atoms with E-state index in [1.807, 2.05) is 0 Å². The fourth-order valence-electron chi connectivity index (χ4n) is 2.41. The van der Waals surface area contributed by atoms with E-state index in [4.69, 9.17) is 23.8 Å². The number of nitrogens with one attached hydrogen (secondary N) is 3. The summed E-state index contributed by atoms with van der Waals surface area (Å²) in [5, 5.41) is 9.02. The number of thiocarbonyl (C=S) groups is 1. The van der Waals surface area contributed by atoms with Crippen molar-refractivity contribution < 1.29 is 9.59 Å². The van der Waals surface area contributed by atoms with Crippen LogP contribution in [0.15, 0.2) is 77.3 Å². The van der Waals surface area contributed by atoms with Crippen molar-refractivity contribution in [3.05, 3.63) is 93.4 Å². The zero-order chi connectivity index (χ0) is 20.8. The van der Waals surface area contributed by atoms with Crippen LogP contribution in [0.25, 0.3) is 0 Å². The smallest absolute Gasteiger partial charge is 0.257 e. The molecule has 0 aliphatic rings. The fraction of sp³-hybridized carbons (Fsp3) is 0. The highest BCUT2D eigenvalue weighted by molar-refractivity contribution is 9.10. The van der Waals surface area contributed by atoms with Crippen LogP contribution in [0, 0.1) is 0 Å². The zero-order valence-corrected chi connectivity index (χ0v) is 18.1. The molecule has 0 atom stereocenters. The summed E-state index contributed by atoms with van der Waals surface area (Å²) in [5.74, 6) is -0.564. The molecular weight excluding hydrogens is 474 g/mol. The average molecular weight is 489 g/mol. The Balaban J connectivity index is 1.55. The van der Waals surface area contributed by atoms with Crippen LogP contribution < -0.4 is 16.0 Å². The molecule has 3 aromatic rings. The van der Waals surface area contributed by atoms with E-state index in [0.29, 0.717) is 27.5 Å². The summed E-state index contributed by atoms with van der Waals surface area (Å²) in [4.78, 5) is 24.4. The molecule has 0 saturated carbocycles. The van der Waals surface area contributed by atoms with Gasteiger partial charge in [0.1, 0.15) is 0 Å². The average Bonchev–Trinajstić information content (AvgIpc) is 2.70. The molecule has 2 amide bonds. The summed E-state index contributed by atoms with van der Waals surface area (Å²) < 4.78 is 0.886. The topological polar surface area (TPSA) is 70.2 Å². The van der Waals surface area contributed by atoms with Gasteiger partial charge in [-0.3, -0.25) is 14.9 Å². The monoisotopic (exact) mass is 487 g/mol. The molecule has 0 unspecified atom stereocenters. The first-order chi connectivity index (χ1) is 13.9. The molecule has 3 rings (SSSR count). The molecule has 0 aliphatic heterocycles. The summed E-state index contributed by atoms with van der Waals surface area (Å²) in [6, 6.07) is 20.6. The molecule has 8 heteroatoms. The van der Waals surface area contributed by atoms with Crippen molar-refractivity contribution in [1.82, 2.24) is 5.32 Å². The number of carbonyl (C=O) groups is 2. The summed E-state index contributed by atoms with van der Waals surface area (Å²) in [7, 11) is 0. The van der Waals surface area contributed by atoms with Gasteiger partial charge in [0.25, 0.3) is 11.8 Å². The number of carbonyl (C=O) groups excluding carboxylic acids is 2. The van der Waals surface area contributed by atoms with Crippen molar-refractivity contribution in [2.24, 2.45) is 0 Å². The van der Waals surface area contributed by atoms with E-state index in [9.17, 15) is 9.59 Å². The summed E-state index contributed by atoms with van der Waals surface area (Å²) >= 11 is 14.4. The van der Waals surface area contributed by atoms with Crippen molar-refractivity contribution in [3.63, 3.8) is 0 Å². The van der Waals surface area contributed by atoms with Gasteiger partial charge in [-0.25, -0.2) is 0 Å². The Labute approximate surface area is 186 Å². The maximum Gasteiger partial charge on any atom is 0.257 e. The molecule has 29 heavy (non-hydrogen) atoms. The second kappa shape index (κ2) is 9.65. The van der Waals surface area contributed by atoms with Gasteiger partial charge in [0.15, 0.2) is 5.11 Å². The SMILES string of the molecule is O=C(NC(=S)Nc1ccc(NC(=O)c2cccc(Cl)c2)cc1)c1ccc(Br)cc1. The Bertz CT molecular complexity index is 1060. The quantitative estimate of drug-likeness (QED) is 0.425. The van der Waals surface area contributed by atoms with Crippen LogP contribution >= 0.6 is 39.7 Å². The highest BCUT2D eigenvalue weighted by Crippen LogP contribution is 2.16. The number of hydrogen-bond acceptors (Lipinski definition) is 3. The lowest BCUT2D eigenvalue weighted by Crippen LogP contribution is -2.34. The predicted molar refractivity (Wildman–Crippen MR) is 124 cm³/mol. The first-order valence-corrected chi connectivity index (χ1v) is 10.0. The van der Waals surface area contributed by atoms with Crippen LogP contribution in [-0.4, -0.2) is 16.9 Å². The third-order valence-electron chi connectivity index (χ3n) is 3.82. The molecule has 3 N–H and O–H groups in total. The number of benzene rings is 3. The first-order valence-electron chi connectivity index (χ1n) is 8.45. The summed E-state index contributed by atoms with van der Waals surface area (Å²) in [6.45, 7) is 0. The first kappa shape index (κ1) is 21.0. The number of anilines is 2. The Morgan fingerprint density at radius 2 is 1.41 bits per heavy atom. The van der Waals surface area contributed by atoms with Crippen LogP contribution in [-0.2, 0) is 0 Å². The largest absolute Gasteiger partial charge is 0.332 e. The molecule has 3 aromatic carbocycles. The number of rotatable bonds is 4. The summed E-state index contributed by atoms with van der Waals surface area (Å²) in [6.07, 6.45) is 0. The minimum absolute atomic E-state index is 0.175. The summed E-state index contributed by atoms with van der Waals surface area (Å²) in [5.41, 5.74) is 2.25. The van der Waals surface area contributed by atoms with Gasteiger partial charge >= 0.3 is 0 Å². The zero-order valence-electron chi connectivity index (χ0n) is 14.9. The van der Waals surface area contributed by atoms with E-state index in [0.717, 1.165) is 4.47 Å². The molecule has 0 spiro atoms. The second-order valence-corrected chi connectivity index (χ2v) is 7.72. The molecule has 0 aromatic heterocycles. The third-order valence-corrected chi connectivity index (χ3v) is 4.79. The van der Waals surface area contributed by atoms with Crippen molar-refractivity contribution in [2.45, 2.75) is 0 Å². The van der Waals surface area contributed by atoms with Gasteiger partial charge in [-0.05, 0) is 78.9 Å². The van der Waals surface area contributed by atoms with E-state index in [2.05, 4.69) is 31.9 Å². The van der Waals surface area contributed by atoms with Gasteiger partial charge in [0.2, 0.25) is 0 Å². The molecule has 0 bridgehead atoms. The predicted octanol–water partition coefficient (Wildman–Crippen LogP) is 5.48. The van der Waals surface area contributed by atoms with Crippen LogP contribution in [0.4, 0.5) is 11.4 Å². The lowest BCUT2D eigenvalue weighted by molar-refractivity contribution is 0.0976. The van der Waals surface area contributed by atoms with Crippen molar-refractivity contribution in [3.8, 4) is 0 Å². The highest BCUT2D eigenvalue weighted by atomic mass is 79.9. The van der Waals surface area contributed by atoms with Crippen molar-refractivity contribution in [1.29, 1.82) is 0 Å². The van der Waals surface area contributed by atoms with Crippen LogP contribution in [0.1, 0.15) is 20.7 Å². The van der Waals surface area contributed by atoms with Gasteiger partial charge < -0.3 is 10.6 Å². The van der Waals surface area contributed by atoms with Gasteiger partial charge in [0, 0.05) is 32.0 Å². The van der Waals surface area contributed by atoms with E-state index >= 15 is 0 Å². The molecule has 0 heterocycles. The van der Waals surface area contributed by atoms with Gasteiger partial charge in [-0.1, -0.05) is 33.6 Å². The Morgan fingerprint density at radius 3 is 2.03 bits per heavy atom. The molecule has 146 valence electrons. The second-order valence-electron chi connectivity index (χ2n) is 5.96. The van der Waals surface area contributed by atoms with Gasteiger partial charge in [0.05, 0.1) is 0 Å². The number of amides is 2. The molecule has 0 aliphatic carbocycles.